The van der Waals surface area contributed by atoms with E-state index in [1.807, 2.05) is 13.0 Å². The van der Waals surface area contributed by atoms with Crippen molar-refractivity contribution < 1.29 is 9.53 Å². The number of hydrogen-bond donors (Lipinski definition) is 1. The summed E-state index contributed by atoms with van der Waals surface area (Å²) in [7, 11) is 0. The summed E-state index contributed by atoms with van der Waals surface area (Å²) < 4.78 is 6.20. The number of halogens is 2. The van der Waals surface area contributed by atoms with Crippen LogP contribution in [0.15, 0.2) is 12.1 Å². The van der Waals surface area contributed by atoms with Gasteiger partial charge in [-0.15, -0.1) is 12.4 Å². The fourth-order valence-corrected chi connectivity index (χ4v) is 3.15. The second kappa shape index (κ2) is 5.31. The van der Waals surface area contributed by atoms with E-state index in [0.717, 1.165) is 37.2 Å². The van der Waals surface area contributed by atoms with E-state index < -0.39 is 0 Å². The second-order valence-electron chi connectivity index (χ2n) is 5.23. The van der Waals surface area contributed by atoms with Gasteiger partial charge < -0.3 is 10.1 Å². The number of Topliss-reactive ketones (excluding diaryl/α,β-unsaturated/α-hetero) is 1. The number of benzene rings is 1. The number of hydrogen-bond acceptors (Lipinski definition) is 3. The average molecular weight is 302 g/mol. The van der Waals surface area contributed by atoms with Gasteiger partial charge in [0.15, 0.2) is 5.78 Å². The normalized spacial score (nSPS) is 20.4. The van der Waals surface area contributed by atoms with E-state index in [2.05, 4.69) is 5.32 Å². The highest BCUT2D eigenvalue weighted by Crippen LogP contribution is 2.41. The minimum absolute atomic E-state index is 0. The van der Waals surface area contributed by atoms with Crippen LogP contribution in [-0.2, 0) is 0 Å². The predicted molar refractivity (Wildman–Crippen MR) is 77.8 cm³/mol. The minimum atomic E-state index is -0.298. The van der Waals surface area contributed by atoms with Crippen molar-refractivity contribution >= 4 is 29.8 Å². The Balaban J connectivity index is 0.00000133. The zero-order valence-electron chi connectivity index (χ0n) is 10.8. The molecular weight excluding hydrogens is 285 g/mol. The lowest BCUT2D eigenvalue weighted by molar-refractivity contribution is 0.0182. The topological polar surface area (TPSA) is 38.3 Å². The molecule has 0 radical (unpaired) electrons. The van der Waals surface area contributed by atoms with E-state index in [-0.39, 0.29) is 23.8 Å². The van der Waals surface area contributed by atoms with Gasteiger partial charge in [0, 0.05) is 17.9 Å². The molecule has 0 amide bonds. The number of ketones is 1. The summed E-state index contributed by atoms with van der Waals surface area (Å²) in [5.41, 5.74) is 1.29. The number of rotatable bonds is 0. The van der Waals surface area contributed by atoms with Crippen LogP contribution >= 0.6 is 24.0 Å². The third kappa shape index (κ3) is 2.60. The highest BCUT2D eigenvalue weighted by atomic mass is 35.5. The van der Waals surface area contributed by atoms with E-state index in [4.69, 9.17) is 16.3 Å². The van der Waals surface area contributed by atoms with E-state index >= 15 is 0 Å². The van der Waals surface area contributed by atoms with Gasteiger partial charge in [-0.3, -0.25) is 4.79 Å². The van der Waals surface area contributed by atoms with Crippen molar-refractivity contribution in [2.45, 2.75) is 31.8 Å². The Morgan fingerprint density at radius 3 is 2.68 bits per heavy atom. The van der Waals surface area contributed by atoms with Gasteiger partial charge in [0.25, 0.3) is 0 Å². The van der Waals surface area contributed by atoms with Crippen LogP contribution in [-0.4, -0.2) is 24.5 Å². The Kier molecular flexibility index (Phi) is 4.09. The molecule has 1 saturated heterocycles. The number of carbonyl (C=O) groups is 1. The molecule has 1 fully saturated rings. The number of fused-ring (bicyclic) bond motifs is 1. The Morgan fingerprint density at radius 2 is 2.00 bits per heavy atom. The van der Waals surface area contributed by atoms with Gasteiger partial charge in [0.05, 0.1) is 12.0 Å². The molecule has 5 heteroatoms. The van der Waals surface area contributed by atoms with Crippen LogP contribution in [0.5, 0.6) is 5.75 Å². The monoisotopic (exact) mass is 301 g/mol. The zero-order valence-corrected chi connectivity index (χ0v) is 12.4. The molecule has 0 unspecified atom stereocenters. The molecule has 0 saturated carbocycles. The SMILES string of the molecule is Cc1cc(Cl)cc2c1OC1(CCNCC1)CC2=O.Cl. The maximum absolute atomic E-state index is 12.3. The average Bonchev–Trinajstić information content (AvgIpc) is 2.32. The number of ether oxygens (including phenoxy) is 1. The molecule has 0 aromatic heterocycles. The first-order chi connectivity index (χ1) is 8.60. The lowest BCUT2D eigenvalue weighted by Gasteiger charge is -2.41. The molecular formula is C14H17Cl2NO2. The molecule has 3 nitrogen and oxygen atoms in total. The first-order valence-electron chi connectivity index (χ1n) is 6.33. The van der Waals surface area contributed by atoms with Crippen LogP contribution < -0.4 is 10.1 Å². The van der Waals surface area contributed by atoms with Gasteiger partial charge in [-0.25, -0.2) is 0 Å². The van der Waals surface area contributed by atoms with Crippen LogP contribution in [0.1, 0.15) is 35.2 Å². The van der Waals surface area contributed by atoms with E-state index in [0.29, 0.717) is 17.0 Å². The molecule has 1 N–H and O–H groups in total. The van der Waals surface area contributed by atoms with E-state index in [9.17, 15) is 4.79 Å². The molecule has 0 atom stereocenters. The van der Waals surface area contributed by atoms with Crippen molar-refractivity contribution in [1.29, 1.82) is 0 Å². The first kappa shape index (κ1) is 14.6. The van der Waals surface area contributed by atoms with Crippen LogP contribution in [0.4, 0.5) is 0 Å². The van der Waals surface area contributed by atoms with Crippen molar-refractivity contribution in [3.63, 3.8) is 0 Å². The molecule has 3 rings (SSSR count). The summed E-state index contributed by atoms with van der Waals surface area (Å²) in [4.78, 5) is 12.3. The van der Waals surface area contributed by atoms with Gasteiger partial charge in [0.2, 0.25) is 0 Å². The third-order valence-corrected chi connectivity index (χ3v) is 4.07. The molecule has 0 bridgehead atoms. The summed E-state index contributed by atoms with van der Waals surface area (Å²) in [6.07, 6.45) is 2.25. The maximum Gasteiger partial charge on any atom is 0.170 e. The molecule has 2 aliphatic rings. The predicted octanol–water partition coefficient (Wildman–Crippen LogP) is 3.16. The van der Waals surface area contributed by atoms with Crippen molar-refractivity contribution in [1.82, 2.24) is 5.32 Å². The van der Waals surface area contributed by atoms with Gasteiger partial charge in [0.1, 0.15) is 11.4 Å². The van der Waals surface area contributed by atoms with Crippen LogP contribution in [0.2, 0.25) is 5.02 Å². The van der Waals surface area contributed by atoms with Crippen molar-refractivity contribution in [3.8, 4) is 5.75 Å². The second-order valence-corrected chi connectivity index (χ2v) is 5.67. The van der Waals surface area contributed by atoms with Gasteiger partial charge in [-0.05, 0) is 37.7 Å². The van der Waals surface area contributed by atoms with Crippen LogP contribution in [0.25, 0.3) is 0 Å². The third-order valence-electron chi connectivity index (χ3n) is 3.86. The van der Waals surface area contributed by atoms with Crippen LogP contribution in [0.3, 0.4) is 0 Å². The molecule has 19 heavy (non-hydrogen) atoms. The summed E-state index contributed by atoms with van der Waals surface area (Å²) in [5, 5.41) is 3.91. The van der Waals surface area contributed by atoms with E-state index in [1.165, 1.54) is 0 Å². The van der Waals surface area contributed by atoms with Gasteiger partial charge in [-0.2, -0.15) is 0 Å². The molecule has 1 aromatic carbocycles. The molecule has 2 heterocycles. The van der Waals surface area contributed by atoms with Gasteiger partial charge in [-0.1, -0.05) is 11.6 Å². The van der Waals surface area contributed by atoms with Crippen molar-refractivity contribution in [2.24, 2.45) is 0 Å². The molecule has 2 aliphatic heterocycles. The Bertz CT molecular complexity index is 510. The molecule has 1 spiro atoms. The Labute approximate surface area is 124 Å². The summed E-state index contributed by atoms with van der Waals surface area (Å²) in [6, 6.07) is 3.58. The highest BCUT2D eigenvalue weighted by molar-refractivity contribution is 6.31. The van der Waals surface area contributed by atoms with Gasteiger partial charge >= 0.3 is 0 Å². The molecule has 0 aliphatic carbocycles. The van der Waals surface area contributed by atoms with Crippen molar-refractivity contribution in [2.75, 3.05) is 13.1 Å². The largest absolute Gasteiger partial charge is 0.486 e. The van der Waals surface area contributed by atoms with Crippen molar-refractivity contribution in [3.05, 3.63) is 28.3 Å². The number of nitrogens with one attached hydrogen (secondary N) is 1. The number of carbonyl (C=O) groups excluding carboxylic acids is 1. The molecule has 104 valence electrons. The number of aryl methyl sites for hydroxylation is 1. The summed E-state index contributed by atoms with van der Waals surface area (Å²) in [5.74, 6) is 0.890. The highest BCUT2D eigenvalue weighted by Gasteiger charge is 2.41. The lowest BCUT2D eigenvalue weighted by Crippen LogP contribution is -2.49. The zero-order chi connectivity index (χ0) is 12.8. The minimum Gasteiger partial charge on any atom is -0.486 e. The summed E-state index contributed by atoms with van der Waals surface area (Å²) >= 11 is 6.01. The quantitative estimate of drug-likeness (QED) is 0.800. The molecule has 1 aromatic rings. The maximum atomic E-state index is 12.3. The fourth-order valence-electron chi connectivity index (χ4n) is 2.87. The van der Waals surface area contributed by atoms with Crippen LogP contribution in [0, 0.1) is 6.92 Å². The fraction of sp³-hybridized carbons (Fsp3) is 0.500. The van der Waals surface area contributed by atoms with E-state index in [1.54, 1.807) is 6.07 Å². The number of piperidine rings is 1. The summed E-state index contributed by atoms with van der Waals surface area (Å²) in [6.45, 7) is 3.77. The first-order valence-corrected chi connectivity index (χ1v) is 6.71. The lowest BCUT2D eigenvalue weighted by atomic mass is 9.82. The smallest absolute Gasteiger partial charge is 0.170 e. The Hall–Kier alpha value is -0.770. The Morgan fingerprint density at radius 1 is 1.32 bits per heavy atom. The standard InChI is InChI=1S/C14H16ClNO2.ClH/c1-9-6-10(15)7-11-12(17)8-14(18-13(9)11)2-4-16-5-3-14;/h6-7,16H,2-5,8H2,1H3;1H.